The van der Waals surface area contributed by atoms with Crippen molar-refractivity contribution in [2.75, 3.05) is 0 Å². The van der Waals surface area contributed by atoms with E-state index in [1.165, 1.54) is 0 Å². The van der Waals surface area contributed by atoms with Crippen LogP contribution in [0.25, 0.3) is 32.3 Å². The van der Waals surface area contributed by atoms with Gasteiger partial charge in [-0.2, -0.15) is 39.5 Å². The van der Waals surface area contributed by atoms with E-state index in [4.69, 9.17) is 0 Å². The summed E-state index contributed by atoms with van der Waals surface area (Å²) in [4.78, 5) is 0. The Morgan fingerprint density at radius 2 is 0.490 bits per heavy atom. The second-order valence-electron chi connectivity index (χ2n) is 14.2. The first-order valence-corrected chi connectivity index (χ1v) is 18.7. The zero-order valence-electron chi connectivity index (χ0n) is 30.1. The van der Waals surface area contributed by atoms with Gasteiger partial charge in [0.1, 0.15) is 0 Å². The normalized spacial score (nSPS) is 12.9. The molecule has 9 heteroatoms. The Morgan fingerprint density at radius 1 is 0.314 bits per heavy atom. The number of fused-ring (bicyclic) bond motifs is 6. The first kappa shape index (κ1) is 40.8. The first-order valence-electron chi connectivity index (χ1n) is 18.7. The van der Waals surface area contributed by atoms with Gasteiger partial charge in [-0.3, -0.25) is 0 Å². The largest absolute Gasteiger partial charge is 0.389 e. The van der Waals surface area contributed by atoms with E-state index in [9.17, 15) is 39.5 Å². The Balaban J connectivity index is 2.05. The zero-order valence-corrected chi connectivity index (χ0v) is 30.1. The van der Waals surface area contributed by atoms with Gasteiger partial charge in [0, 0.05) is 19.3 Å². The molecule has 0 aliphatic carbocycles. The first-order chi connectivity index (χ1) is 24.0. The zero-order chi connectivity index (χ0) is 37.4. The van der Waals surface area contributed by atoms with Gasteiger partial charge in [-0.25, -0.2) is 0 Å². The summed E-state index contributed by atoms with van der Waals surface area (Å²) in [5.41, 5.74) is 5.52. The Morgan fingerprint density at radius 3 is 0.647 bits per heavy atom. The molecule has 0 radical (unpaired) electrons. The molecule has 0 saturated heterocycles. The molecule has 0 bridgehead atoms. The van der Waals surface area contributed by atoms with E-state index in [1.54, 1.807) is 0 Å². The maximum absolute atomic E-state index is 13.2. The molecule has 0 nitrogen and oxygen atoms in total. The van der Waals surface area contributed by atoms with Gasteiger partial charge in [-0.05, 0) is 143 Å². The highest BCUT2D eigenvalue weighted by molar-refractivity contribution is 6.26. The van der Waals surface area contributed by atoms with E-state index >= 15 is 0 Å². The quantitative estimate of drug-likeness (QED) is 0.0707. The van der Waals surface area contributed by atoms with Crippen LogP contribution in [-0.2, 0) is 38.5 Å². The van der Waals surface area contributed by atoms with Crippen molar-refractivity contribution < 1.29 is 39.5 Å². The number of benzene rings is 4. The van der Waals surface area contributed by atoms with E-state index in [0.717, 1.165) is 104 Å². The number of alkyl halides is 9. The molecular formula is C42H51F9. The minimum Gasteiger partial charge on any atom is -0.171 e. The fourth-order valence-corrected chi connectivity index (χ4v) is 7.34. The van der Waals surface area contributed by atoms with Crippen LogP contribution in [0.1, 0.15) is 131 Å². The van der Waals surface area contributed by atoms with Crippen molar-refractivity contribution in [3.05, 3.63) is 69.8 Å². The summed E-state index contributed by atoms with van der Waals surface area (Å²) < 4.78 is 119. The monoisotopic (exact) mass is 726 g/mol. The number of hydrogen-bond acceptors (Lipinski definition) is 0. The average molecular weight is 727 g/mol. The molecule has 282 valence electrons. The molecule has 51 heavy (non-hydrogen) atoms. The molecule has 0 saturated carbocycles. The maximum Gasteiger partial charge on any atom is 0.389 e. The fraction of sp³-hybridized carbons (Fsp3) is 0.571. The van der Waals surface area contributed by atoms with Crippen molar-refractivity contribution >= 4 is 32.3 Å². The van der Waals surface area contributed by atoms with E-state index in [2.05, 4.69) is 39.0 Å². The van der Waals surface area contributed by atoms with Crippen molar-refractivity contribution in [1.82, 2.24) is 0 Å². The minimum absolute atomic E-state index is 0.0467. The Bertz CT molecular complexity index is 1510. The molecule has 0 spiro atoms. The van der Waals surface area contributed by atoms with Crippen LogP contribution >= 0.6 is 0 Å². The van der Waals surface area contributed by atoms with Crippen LogP contribution in [-0.4, -0.2) is 18.5 Å². The molecule has 4 aromatic rings. The van der Waals surface area contributed by atoms with Gasteiger partial charge < -0.3 is 0 Å². The topological polar surface area (TPSA) is 0 Å². The molecule has 0 fully saturated rings. The van der Waals surface area contributed by atoms with Gasteiger partial charge in [0.2, 0.25) is 0 Å². The van der Waals surface area contributed by atoms with Crippen LogP contribution in [0.2, 0.25) is 0 Å². The van der Waals surface area contributed by atoms with Crippen molar-refractivity contribution in [2.45, 2.75) is 155 Å². The number of hydrogen-bond donors (Lipinski definition) is 0. The van der Waals surface area contributed by atoms with Crippen LogP contribution in [0.3, 0.4) is 0 Å². The smallest absolute Gasteiger partial charge is 0.171 e. The Hall–Kier alpha value is -2.97. The van der Waals surface area contributed by atoms with E-state index in [0.29, 0.717) is 19.3 Å². The summed E-state index contributed by atoms with van der Waals surface area (Å²) in [6.07, 6.45) is -7.47. The van der Waals surface area contributed by atoms with Crippen LogP contribution in [0.5, 0.6) is 0 Å². The number of unbranched alkanes of at least 4 members (excludes halogenated alkanes) is 3. The van der Waals surface area contributed by atoms with Crippen LogP contribution < -0.4 is 0 Å². The SMILES string of the molecule is CCCCc1cc2c(cc1CCCC(F)(F)F)c1cc(CCCC)c(CCCC(F)(F)F)cc1c1cc(CCCC)c(CCCC(F)(F)F)cc21. The molecule has 4 aromatic carbocycles. The molecule has 0 aromatic heterocycles. The molecule has 0 aliphatic heterocycles. The van der Waals surface area contributed by atoms with E-state index in [1.807, 2.05) is 18.2 Å². The predicted octanol–water partition coefficient (Wildman–Crippen LogP) is 14.8. The Labute approximate surface area is 296 Å². The second kappa shape index (κ2) is 17.7. The van der Waals surface area contributed by atoms with Gasteiger partial charge in [0.15, 0.2) is 0 Å². The molecule has 0 aliphatic rings. The third-order valence-electron chi connectivity index (χ3n) is 10.0. The molecule has 0 unspecified atom stereocenters. The summed E-state index contributed by atoms with van der Waals surface area (Å²) in [6, 6.07) is 12.3. The van der Waals surface area contributed by atoms with Crippen molar-refractivity contribution in [3.63, 3.8) is 0 Å². The highest BCUT2D eigenvalue weighted by Gasteiger charge is 2.28. The van der Waals surface area contributed by atoms with Crippen molar-refractivity contribution in [1.29, 1.82) is 0 Å². The highest BCUT2D eigenvalue weighted by atomic mass is 19.4. The van der Waals surface area contributed by atoms with E-state index < -0.39 is 37.8 Å². The van der Waals surface area contributed by atoms with Gasteiger partial charge in [0.05, 0.1) is 0 Å². The standard InChI is InChI=1S/C42H51F9/c1-4-7-13-28-22-34-37(25-31(28)16-10-19-40(43,44)45)35-23-29(14-8-5-2)33(18-12-21-42(49,50)51)27-39(35)36-24-30(15-9-6-3)32(26-38(34)36)17-11-20-41(46,47)48/h22-27H,4-21H2,1-3H3. The second-order valence-corrected chi connectivity index (χ2v) is 14.2. The van der Waals surface area contributed by atoms with E-state index in [-0.39, 0.29) is 38.5 Å². The summed E-state index contributed by atoms with van der Waals surface area (Å²) in [5, 5.41) is 5.32. The lowest BCUT2D eigenvalue weighted by molar-refractivity contribution is -0.136. The molecular weight excluding hydrogens is 675 g/mol. The van der Waals surface area contributed by atoms with Crippen molar-refractivity contribution in [3.8, 4) is 0 Å². The van der Waals surface area contributed by atoms with Crippen LogP contribution in [0.15, 0.2) is 36.4 Å². The lowest BCUT2D eigenvalue weighted by Gasteiger charge is -2.21. The van der Waals surface area contributed by atoms with Crippen molar-refractivity contribution in [2.24, 2.45) is 0 Å². The molecule has 4 rings (SSSR count). The third kappa shape index (κ3) is 11.8. The number of aryl methyl sites for hydroxylation is 6. The Kier molecular flexibility index (Phi) is 14.2. The van der Waals surface area contributed by atoms with Gasteiger partial charge in [0.25, 0.3) is 0 Å². The number of rotatable bonds is 18. The van der Waals surface area contributed by atoms with Gasteiger partial charge in [-0.15, -0.1) is 0 Å². The van der Waals surface area contributed by atoms with Gasteiger partial charge in [-0.1, -0.05) is 76.4 Å². The predicted molar refractivity (Wildman–Crippen MR) is 192 cm³/mol. The molecule has 0 N–H and O–H groups in total. The van der Waals surface area contributed by atoms with Crippen LogP contribution in [0.4, 0.5) is 39.5 Å². The molecule has 0 heterocycles. The average Bonchev–Trinajstić information content (AvgIpc) is 3.04. The molecule has 0 atom stereocenters. The van der Waals surface area contributed by atoms with Crippen LogP contribution in [0, 0.1) is 0 Å². The number of halogens is 9. The lowest BCUT2D eigenvalue weighted by atomic mass is 9.84. The lowest BCUT2D eigenvalue weighted by Crippen LogP contribution is -2.08. The molecule has 0 amide bonds. The third-order valence-corrected chi connectivity index (χ3v) is 10.0. The summed E-state index contributed by atoms with van der Waals surface area (Å²) in [6.45, 7) is 6.17. The highest BCUT2D eigenvalue weighted by Crippen LogP contribution is 2.41. The summed E-state index contributed by atoms with van der Waals surface area (Å²) in [5.74, 6) is 0. The maximum atomic E-state index is 13.2. The van der Waals surface area contributed by atoms with Gasteiger partial charge >= 0.3 is 18.5 Å². The minimum atomic E-state index is -4.27. The summed E-state index contributed by atoms with van der Waals surface area (Å²) >= 11 is 0. The fourth-order valence-electron chi connectivity index (χ4n) is 7.34. The summed E-state index contributed by atoms with van der Waals surface area (Å²) in [7, 11) is 0.